The molecule has 1 aromatic carbocycles. The standard InChI is InChI=1S/C13H19N3O/c17-13-15-9-11-16(13)10-8-14-7-6-12-4-2-1-3-5-12/h1-5,14H,6-11H2,(H,15,17). The Balaban J connectivity index is 1.56. The third-order valence-corrected chi connectivity index (χ3v) is 2.94. The van der Waals surface area contributed by atoms with Crippen molar-refractivity contribution in [1.29, 1.82) is 0 Å². The lowest BCUT2D eigenvalue weighted by atomic mass is 10.1. The average molecular weight is 233 g/mol. The van der Waals surface area contributed by atoms with Gasteiger partial charge >= 0.3 is 6.03 Å². The molecule has 0 unspecified atom stereocenters. The van der Waals surface area contributed by atoms with E-state index in [1.807, 2.05) is 11.0 Å². The molecule has 1 aliphatic rings. The van der Waals surface area contributed by atoms with Gasteiger partial charge in [-0.05, 0) is 18.5 Å². The fourth-order valence-corrected chi connectivity index (χ4v) is 1.94. The van der Waals surface area contributed by atoms with Gasteiger partial charge in [0.05, 0.1) is 0 Å². The predicted octanol–water partition coefficient (Wildman–Crippen LogP) is 0.844. The molecule has 0 bridgehead atoms. The quantitative estimate of drug-likeness (QED) is 0.715. The third-order valence-electron chi connectivity index (χ3n) is 2.94. The minimum atomic E-state index is 0.0647. The van der Waals surface area contributed by atoms with Crippen LogP contribution in [0.2, 0.25) is 0 Å². The average Bonchev–Trinajstić information content (AvgIpc) is 2.76. The molecule has 4 nitrogen and oxygen atoms in total. The molecule has 2 amide bonds. The maximum absolute atomic E-state index is 11.2. The Morgan fingerprint density at radius 2 is 2.06 bits per heavy atom. The summed E-state index contributed by atoms with van der Waals surface area (Å²) in [6.07, 6.45) is 1.03. The smallest absolute Gasteiger partial charge is 0.317 e. The van der Waals surface area contributed by atoms with Crippen molar-refractivity contribution in [2.24, 2.45) is 0 Å². The predicted molar refractivity (Wildman–Crippen MR) is 68.0 cm³/mol. The van der Waals surface area contributed by atoms with E-state index >= 15 is 0 Å². The van der Waals surface area contributed by atoms with Gasteiger partial charge in [0.2, 0.25) is 0 Å². The molecule has 0 saturated carbocycles. The molecule has 1 fully saturated rings. The minimum absolute atomic E-state index is 0.0647. The number of nitrogens with zero attached hydrogens (tertiary/aromatic N) is 1. The van der Waals surface area contributed by atoms with E-state index in [0.29, 0.717) is 0 Å². The first kappa shape index (κ1) is 11.9. The summed E-state index contributed by atoms with van der Waals surface area (Å²) in [6.45, 7) is 4.22. The third kappa shape index (κ3) is 3.75. The monoisotopic (exact) mass is 233 g/mol. The Kier molecular flexibility index (Phi) is 4.38. The number of benzene rings is 1. The molecule has 92 valence electrons. The van der Waals surface area contributed by atoms with Crippen molar-refractivity contribution in [3.63, 3.8) is 0 Å². The van der Waals surface area contributed by atoms with E-state index in [1.165, 1.54) is 5.56 Å². The largest absolute Gasteiger partial charge is 0.336 e. The number of amides is 2. The van der Waals surface area contributed by atoms with E-state index in [0.717, 1.165) is 39.1 Å². The molecule has 4 heteroatoms. The van der Waals surface area contributed by atoms with Gasteiger partial charge in [-0.15, -0.1) is 0 Å². The van der Waals surface area contributed by atoms with E-state index in [4.69, 9.17) is 0 Å². The van der Waals surface area contributed by atoms with Crippen LogP contribution in [-0.4, -0.2) is 43.7 Å². The van der Waals surface area contributed by atoms with Gasteiger partial charge in [-0.3, -0.25) is 0 Å². The molecule has 0 radical (unpaired) electrons. The summed E-state index contributed by atoms with van der Waals surface area (Å²) in [4.78, 5) is 13.1. The van der Waals surface area contributed by atoms with Crippen molar-refractivity contribution in [2.45, 2.75) is 6.42 Å². The maximum Gasteiger partial charge on any atom is 0.317 e. The van der Waals surface area contributed by atoms with Crippen LogP contribution in [0.5, 0.6) is 0 Å². The number of nitrogens with one attached hydrogen (secondary N) is 2. The second kappa shape index (κ2) is 6.25. The Hall–Kier alpha value is -1.55. The van der Waals surface area contributed by atoms with E-state index in [1.54, 1.807) is 0 Å². The maximum atomic E-state index is 11.2. The van der Waals surface area contributed by atoms with Crippen LogP contribution >= 0.6 is 0 Å². The van der Waals surface area contributed by atoms with E-state index in [2.05, 4.69) is 34.9 Å². The zero-order valence-electron chi connectivity index (χ0n) is 9.98. The number of carbonyl (C=O) groups excluding carboxylic acids is 1. The second-order valence-corrected chi connectivity index (χ2v) is 4.20. The van der Waals surface area contributed by atoms with Crippen molar-refractivity contribution in [2.75, 3.05) is 32.7 Å². The van der Waals surface area contributed by atoms with Gasteiger partial charge in [-0.1, -0.05) is 30.3 Å². The number of rotatable bonds is 6. The molecule has 0 spiro atoms. The summed E-state index contributed by atoms with van der Waals surface area (Å²) >= 11 is 0. The van der Waals surface area contributed by atoms with E-state index in [9.17, 15) is 4.79 Å². The van der Waals surface area contributed by atoms with Crippen LogP contribution in [0.15, 0.2) is 30.3 Å². The molecule has 1 aliphatic heterocycles. The first-order valence-electron chi connectivity index (χ1n) is 6.14. The Morgan fingerprint density at radius 1 is 1.24 bits per heavy atom. The lowest BCUT2D eigenvalue weighted by molar-refractivity contribution is 0.217. The summed E-state index contributed by atoms with van der Waals surface area (Å²) < 4.78 is 0. The topological polar surface area (TPSA) is 44.4 Å². The summed E-state index contributed by atoms with van der Waals surface area (Å²) in [5.74, 6) is 0. The van der Waals surface area contributed by atoms with Crippen LogP contribution in [0.3, 0.4) is 0 Å². The van der Waals surface area contributed by atoms with Gasteiger partial charge in [-0.2, -0.15) is 0 Å². The summed E-state index contributed by atoms with van der Waals surface area (Å²) in [5.41, 5.74) is 1.35. The summed E-state index contributed by atoms with van der Waals surface area (Å²) in [7, 11) is 0. The van der Waals surface area contributed by atoms with E-state index < -0.39 is 0 Å². The van der Waals surface area contributed by atoms with Crippen LogP contribution in [0.4, 0.5) is 4.79 Å². The second-order valence-electron chi connectivity index (χ2n) is 4.20. The fraction of sp³-hybridized carbons (Fsp3) is 0.462. The van der Waals surface area contributed by atoms with Gasteiger partial charge in [0, 0.05) is 26.2 Å². The highest BCUT2D eigenvalue weighted by atomic mass is 16.2. The van der Waals surface area contributed by atoms with E-state index in [-0.39, 0.29) is 6.03 Å². The molecule has 0 aromatic heterocycles. The van der Waals surface area contributed by atoms with Crippen molar-refractivity contribution in [3.8, 4) is 0 Å². The van der Waals surface area contributed by atoms with Crippen LogP contribution in [0.25, 0.3) is 0 Å². The van der Waals surface area contributed by atoms with Gasteiger partial charge in [0.25, 0.3) is 0 Å². The molecule has 0 aliphatic carbocycles. The molecule has 1 saturated heterocycles. The van der Waals surface area contributed by atoms with Gasteiger partial charge in [-0.25, -0.2) is 4.79 Å². The molecule has 1 heterocycles. The lowest BCUT2D eigenvalue weighted by Gasteiger charge is -2.14. The van der Waals surface area contributed by atoms with Crippen molar-refractivity contribution in [3.05, 3.63) is 35.9 Å². The van der Waals surface area contributed by atoms with Crippen LogP contribution in [-0.2, 0) is 6.42 Å². The Bertz CT molecular complexity index is 353. The minimum Gasteiger partial charge on any atom is -0.336 e. The van der Waals surface area contributed by atoms with Gasteiger partial charge in [0.1, 0.15) is 0 Å². The van der Waals surface area contributed by atoms with Crippen LogP contribution < -0.4 is 10.6 Å². The highest BCUT2D eigenvalue weighted by Crippen LogP contribution is 1.98. The molecular weight excluding hydrogens is 214 g/mol. The van der Waals surface area contributed by atoms with Gasteiger partial charge in [0.15, 0.2) is 0 Å². The first-order chi connectivity index (χ1) is 8.36. The molecule has 1 aromatic rings. The SMILES string of the molecule is O=C1NCCN1CCNCCc1ccccc1. The highest BCUT2D eigenvalue weighted by Gasteiger charge is 2.17. The molecule has 17 heavy (non-hydrogen) atoms. The number of carbonyl (C=O) groups is 1. The zero-order chi connectivity index (χ0) is 11.9. The Labute approximate surface area is 102 Å². The number of hydrogen-bond acceptors (Lipinski definition) is 2. The molecule has 2 N–H and O–H groups in total. The van der Waals surface area contributed by atoms with Gasteiger partial charge < -0.3 is 15.5 Å². The fourth-order valence-electron chi connectivity index (χ4n) is 1.94. The van der Waals surface area contributed by atoms with Crippen molar-refractivity contribution in [1.82, 2.24) is 15.5 Å². The number of hydrogen-bond donors (Lipinski definition) is 2. The summed E-state index contributed by atoms with van der Waals surface area (Å²) in [5, 5.41) is 6.16. The highest BCUT2D eigenvalue weighted by molar-refractivity contribution is 5.76. The number of urea groups is 1. The van der Waals surface area contributed by atoms with Crippen molar-refractivity contribution >= 4 is 6.03 Å². The first-order valence-corrected chi connectivity index (χ1v) is 6.14. The Morgan fingerprint density at radius 3 is 2.76 bits per heavy atom. The van der Waals surface area contributed by atoms with Crippen molar-refractivity contribution < 1.29 is 4.79 Å². The molecule has 0 atom stereocenters. The van der Waals surface area contributed by atoms with Crippen LogP contribution in [0, 0.1) is 0 Å². The van der Waals surface area contributed by atoms with Crippen LogP contribution in [0.1, 0.15) is 5.56 Å². The molecular formula is C13H19N3O. The summed E-state index contributed by atoms with van der Waals surface area (Å²) in [6, 6.07) is 10.5. The zero-order valence-corrected chi connectivity index (χ0v) is 9.98. The lowest BCUT2D eigenvalue weighted by Crippen LogP contribution is -2.35. The molecule has 2 rings (SSSR count). The normalized spacial score (nSPS) is 15.1.